The summed E-state index contributed by atoms with van der Waals surface area (Å²) in [5.74, 6) is 1.26. The van der Waals surface area contributed by atoms with Crippen LogP contribution in [-0.4, -0.2) is 44.2 Å². The van der Waals surface area contributed by atoms with Gasteiger partial charge in [0.05, 0.1) is 22.8 Å². The number of fused-ring (bicyclic) bond motifs is 1. The summed E-state index contributed by atoms with van der Waals surface area (Å²) in [5, 5.41) is 0. The summed E-state index contributed by atoms with van der Waals surface area (Å²) in [5.41, 5.74) is 4.11. The first kappa shape index (κ1) is 25.1. The summed E-state index contributed by atoms with van der Waals surface area (Å²) in [6.07, 6.45) is 5.77. The number of carbonyl (C=O) groups excluding carboxylic acids is 1. The molecule has 186 valence electrons. The van der Waals surface area contributed by atoms with E-state index in [1.54, 1.807) is 12.0 Å². The third-order valence-electron chi connectivity index (χ3n) is 6.62. The first-order chi connectivity index (χ1) is 17.5. The molecule has 0 unspecified atom stereocenters. The van der Waals surface area contributed by atoms with Crippen LogP contribution in [0.4, 0.5) is 11.4 Å². The molecule has 7 heteroatoms. The van der Waals surface area contributed by atoms with Crippen molar-refractivity contribution in [2.75, 3.05) is 38.3 Å². The van der Waals surface area contributed by atoms with Gasteiger partial charge in [-0.2, -0.15) is 0 Å². The second-order valence-electron chi connectivity index (χ2n) is 8.98. The zero-order valence-electron chi connectivity index (χ0n) is 20.2. The normalized spacial score (nSPS) is 16.9. The molecule has 5 nitrogen and oxygen atoms in total. The van der Waals surface area contributed by atoms with Gasteiger partial charge < -0.3 is 9.47 Å². The van der Waals surface area contributed by atoms with Crippen LogP contribution in [0.1, 0.15) is 30.4 Å². The van der Waals surface area contributed by atoms with Crippen molar-refractivity contribution in [3.05, 3.63) is 80.7 Å². The van der Waals surface area contributed by atoms with E-state index < -0.39 is 0 Å². The molecule has 0 aromatic heterocycles. The van der Waals surface area contributed by atoms with Gasteiger partial charge in [0.2, 0.25) is 0 Å². The third-order valence-corrected chi connectivity index (χ3v) is 7.74. The molecule has 2 aliphatic heterocycles. The lowest BCUT2D eigenvalue weighted by Crippen LogP contribution is -2.33. The minimum Gasteiger partial charge on any atom is -0.493 e. The van der Waals surface area contributed by atoms with Gasteiger partial charge in [0.1, 0.15) is 6.61 Å². The predicted octanol–water partition coefficient (Wildman–Crippen LogP) is 7.30. The number of anilines is 2. The van der Waals surface area contributed by atoms with E-state index in [2.05, 4.69) is 36.8 Å². The fourth-order valence-corrected chi connectivity index (χ4v) is 5.66. The molecule has 5 rings (SSSR count). The number of ether oxygens (including phenoxy) is 2. The van der Waals surface area contributed by atoms with Crippen molar-refractivity contribution in [3.8, 4) is 11.5 Å². The number of halogens is 2. The number of nitrogens with zero attached hydrogens (tertiary/aromatic N) is 2. The van der Waals surface area contributed by atoms with Gasteiger partial charge in [-0.25, -0.2) is 0 Å². The van der Waals surface area contributed by atoms with Gasteiger partial charge in [0.25, 0.3) is 5.91 Å². The van der Waals surface area contributed by atoms with E-state index in [9.17, 15) is 4.79 Å². The lowest BCUT2D eigenvalue weighted by molar-refractivity contribution is -0.112. The highest BCUT2D eigenvalue weighted by Crippen LogP contribution is 2.43. The van der Waals surface area contributed by atoms with Crippen LogP contribution in [0.15, 0.2) is 69.6 Å². The molecule has 1 saturated heterocycles. The van der Waals surface area contributed by atoms with E-state index in [1.165, 1.54) is 19.3 Å². The number of methoxy groups -OCH3 is 1. The quantitative estimate of drug-likeness (QED) is 0.263. The molecule has 0 aliphatic carbocycles. The number of amides is 1. The zero-order chi connectivity index (χ0) is 25.1. The van der Waals surface area contributed by atoms with E-state index in [0.717, 1.165) is 51.1 Å². The minimum atomic E-state index is -0.0598. The fourth-order valence-electron chi connectivity index (χ4n) is 4.82. The van der Waals surface area contributed by atoms with Crippen LogP contribution in [0.2, 0.25) is 0 Å². The highest BCUT2D eigenvalue weighted by molar-refractivity contribution is 9.10. The maximum absolute atomic E-state index is 13.6. The van der Waals surface area contributed by atoms with E-state index in [4.69, 9.17) is 9.47 Å². The van der Waals surface area contributed by atoms with Crippen LogP contribution in [0.5, 0.6) is 11.5 Å². The molecule has 0 spiro atoms. The third kappa shape index (κ3) is 5.24. The van der Waals surface area contributed by atoms with Crippen molar-refractivity contribution >= 4 is 60.8 Å². The zero-order valence-corrected chi connectivity index (χ0v) is 23.3. The minimum absolute atomic E-state index is 0.0598. The molecule has 2 aliphatic rings. The molecule has 0 N–H and O–H groups in total. The molecule has 36 heavy (non-hydrogen) atoms. The van der Waals surface area contributed by atoms with Crippen molar-refractivity contribution in [2.45, 2.75) is 19.3 Å². The molecule has 3 aromatic rings. The maximum atomic E-state index is 13.6. The Morgan fingerprint density at radius 2 is 1.72 bits per heavy atom. The number of rotatable bonds is 7. The van der Waals surface area contributed by atoms with E-state index in [1.807, 2.05) is 66.7 Å². The first-order valence-electron chi connectivity index (χ1n) is 12.2. The average Bonchev–Trinajstić information content (AvgIpc) is 3.17. The number of hydrogen-bond acceptors (Lipinski definition) is 4. The summed E-state index contributed by atoms with van der Waals surface area (Å²) in [7, 11) is 1.64. The lowest BCUT2D eigenvalue weighted by atomic mass is 10.0. The van der Waals surface area contributed by atoms with Gasteiger partial charge in [-0.3, -0.25) is 14.6 Å². The van der Waals surface area contributed by atoms with Gasteiger partial charge in [-0.1, -0.05) is 40.5 Å². The molecule has 0 saturated carbocycles. The molecule has 1 fully saturated rings. The Kier molecular flexibility index (Phi) is 7.79. The van der Waals surface area contributed by atoms with Crippen molar-refractivity contribution in [3.63, 3.8) is 0 Å². The topological polar surface area (TPSA) is 42.0 Å². The summed E-state index contributed by atoms with van der Waals surface area (Å²) in [4.78, 5) is 17.8. The second kappa shape index (κ2) is 11.2. The number of carbonyl (C=O) groups is 1. The van der Waals surface area contributed by atoms with Crippen LogP contribution in [0.25, 0.3) is 11.6 Å². The number of hydrogen-bond donors (Lipinski definition) is 0. The standard InChI is InChI=1S/C29H28Br2N2O3/c1-35-27-19-20(18-25(31)28(27)36-16-15-32-13-5-2-6-14-32)17-24-23-7-3-4-8-26(23)33(29(24)34)22-11-9-21(30)10-12-22/h3-4,7-12,17-19H,2,5-6,13-16H2,1H3. The van der Waals surface area contributed by atoms with Crippen molar-refractivity contribution in [2.24, 2.45) is 0 Å². The lowest BCUT2D eigenvalue weighted by Gasteiger charge is -2.26. The van der Waals surface area contributed by atoms with Gasteiger partial charge in [-0.15, -0.1) is 0 Å². The molecular formula is C29H28Br2N2O3. The molecule has 2 heterocycles. The number of piperidine rings is 1. The number of likely N-dealkylation sites (tertiary alicyclic amines) is 1. The van der Waals surface area contributed by atoms with Gasteiger partial charge in [0, 0.05) is 22.3 Å². The Morgan fingerprint density at radius 1 is 0.972 bits per heavy atom. The Morgan fingerprint density at radius 3 is 2.47 bits per heavy atom. The molecule has 0 bridgehead atoms. The Labute approximate surface area is 229 Å². The van der Waals surface area contributed by atoms with E-state index in [-0.39, 0.29) is 5.91 Å². The Bertz CT molecular complexity index is 1280. The summed E-state index contributed by atoms with van der Waals surface area (Å²) in [6, 6.07) is 19.5. The monoisotopic (exact) mass is 610 g/mol. The molecule has 0 radical (unpaired) electrons. The van der Waals surface area contributed by atoms with Gasteiger partial charge >= 0.3 is 0 Å². The SMILES string of the molecule is COc1cc(C=C2C(=O)N(c3ccc(Br)cc3)c3ccccc32)cc(Br)c1OCCN1CCCCC1. The fraction of sp³-hybridized carbons (Fsp3) is 0.276. The highest BCUT2D eigenvalue weighted by Gasteiger charge is 2.33. The molecule has 1 amide bonds. The molecular weight excluding hydrogens is 584 g/mol. The summed E-state index contributed by atoms with van der Waals surface area (Å²) in [6.45, 7) is 3.78. The van der Waals surface area contributed by atoms with Crippen LogP contribution in [0.3, 0.4) is 0 Å². The van der Waals surface area contributed by atoms with Gasteiger partial charge in [-0.05, 0) is 96.0 Å². The summed E-state index contributed by atoms with van der Waals surface area (Å²) < 4.78 is 13.6. The Hall–Kier alpha value is -2.61. The summed E-state index contributed by atoms with van der Waals surface area (Å²) >= 11 is 7.14. The van der Waals surface area contributed by atoms with E-state index in [0.29, 0.717) is 23.7 Å². The van der Waals surface area contributed by atoms with Crippen LogP contribution in [-0.2, 0) is 4.79 Å². The van der Waals surface area contributed by atoms with Crippen LogP contribution < -0.4 is 14.4 Å². The van der Waals surface area contributed by atoms with Crippen LogP contribution in [0, 0.1) is 0 Å². The smallest absolute Gasteiger partial charge is 0.263 e. The second-order valence-corrected chi connectivity index (χ2v) is 10.7. The molecule has 3 aromatic carbocycles. The van der Waals surface area contributed by atoms with Crippen molar-refractivity contribution < 1.29 is 14.3 Å². The van der Waals surface area contributed by atoms with Crippen molar-refractivity contribution in [1.29, 1.82) is 0 Å². The molecule has 0 atom stereocenters. The average molecular weight is 612 g/mol. The first-order valence-corrected chi connectivity index (χ1v) is 13.8. The predicted molar refractivity (Wildman–Crippen MR) is 152 cm³/mol. The van der Waals surface area contributed by atoms with Crippen molar-refractivity contribution in [1.82, 2.24) is 4.90 Å². The number of para-hydroxylation sites is 1. The van der Waals surface area contributed by atoms with E-state index >= 15 is 0 Å². The maximum Gasteiger partial charge on any atom is 0.263 e. The van der Waals surface area contributed by atoms with Gasteiger partial charge in [0.15, 0.2) is 11.5 Å². The Balaban J connectivity index is 1.42. The van der Waals surface area contributed by atoms with Crippen LogP contribution >= 0.6 is 31.9 Å². The number of benzene rings is 3. The largest absolute Gasteiger partial charge is 0.493 e. The highest BCUT2D eigenvalue weighted by atomic mass is 79.9.